The van der Waals surface area contributed by atoms with Crippen molar-refractivity contribution in [3.05, 3.63) is 57.7 Å². The summed E-state index contributed by atoms with van der Waals surface area (Å²) in [6, 6.07) is 10.8. The zero-order valence-corrected chi connectivity index (χ0v) is 18.1. The molecule has 3 rings (SSSR count). The van der Waals surface area contributed by atoms with E-state index in [2.05, 4.69) is 20.9 Å². The number of benzene rings is 2. The molecule has 2 aromatic carbocycles. The molecule has 6 nitrogen and oxygen atoms in total. The maximum atomic E-state index is 12.3. The highest BCUT2D eigenvalue weighted by molar-refractivity contribution is 9.10. The number of ether oxygens (including phenoxy) is 4. The van der Waals surface area contributed by atoms with Crippen LogP contribution in [-0.4, -0.2) is 32.2 Å². The van der Waals surface area contributed by atoms with Crippen molar-refractivity contribution in [3.8, 4) is 17.2 Å². The normalized spacial score (nSPS) is 14.6. The van der Waals surface area contributed by atoms with Gasteiger partial charge in [-0.05, 0) is 77.3 Å². The molecule has 1 aliphatic heterocycles. The predicted octanol–water partition coefficient (Wildman–Crippen LogP) is 4.99. The summed E-state index contributed by atoms with van der Waals surface area (Å²) in [4.78, 5) is 16.6. The lowest BCUT2D eigenvalue weighted by molar-refractivity contribution is -0.129. The summed E-state index contributed by atoms with van der Waals surface area (Å²) in [5.74, 6) is 1.72. The quantitative estimate of drug-likeness (QED) is 0.410. The second-order valence-electron chi connectivity index (χ2n) is 6.18. The topological polar surface area (TPSA) is 66.3 Å². The third kappa shape index (κ3) is 4.98. The van der Waals surface area contributed by atoms with Gasteiger partial charge in [0, 0.05) is 5.56 Å². The van der Waals surface area contributed by atoms with Crippen LogP contribution < -0.4 is 14.2 Å². The fourth-order valence-corrected chi connectivity index (χ4v) is 3.28. The number of carbonyl (C=O) groups excluding carboxylic acids is 1. The summed E-state index contributed by atoms with van der Waals surface area (Å²) in [6.07, 6.45) is 2.55. The molecule has 0 atom stereocenters. The zero-order chi connectivity index (χ0) is 20.8. The van der Waals surface area contributed by atoms with E-state index in [0.717, 1.165) is 16.5 Å². The Kier molecular flexibility index (Phi) is 6.93. The summed E-state index contributed by atoms with van der Waals surface area (Å²) in [7, 11) is 1.59. The van der Waals surface area contributed by atoms with E-state index in [4.69, 9.17) is 18.9 Å². The Labute approximate surface area is 178 Å². The van der Waals surface area contributed by atoms with Crippen LogP contribution >= 0.6 is 15.9 Å². The molecule has 7 heteroatoms. The van der Waals surface area contributed by atoms with E-state index in [1.54, 1.807) is 37.5 Å². The third-order valence-corrected chi connectivity index (χ3v) is 4.63. The number of esters is 1. The molecular formula is C22H22BrNO5. The van der Waals surface area contributed by atoms with Crippen LogP contribution in [0.15, 0.2) is 51.6 Å². The number of carbonyl (C=O) groups is 1. The van der Waals surface area contributed by atoms with Gasteiger partial charge >= 0.3 is 5.97 Å². The van der Waals surface area contributed by atoms with Gasteiger partial charge < -0.3 is 18.9 Å². The number of hydrogen-bond donors (Lipinski definition) is 0. The number of cyclic esters (lactones) is 1. The van der Waals surface area contributed by atoms with Crippen molar-refractivity contribution in [1.29, 1.82) is 0 Å². The molecule has 0 saturated carbocycles. The summed E-state index contributed by atoms with van der Waals surface area (Å²) in [6.45, 7) is 5.03. The minimum absolute atomic E-state index is 0.215. The molecule has 0 saturated heterocycles. The molecular weight excluding hydrogens is 438 g/mol. The van der Waals surface area contributed by atoms with Gasteiger partial charge in [0.2, 0.25) is 5.90 Å². The van der Waals surface area contributed by atoms with Crippen LogP contribution in [0.4, 0.5) is 0 Å². The van der Waals surface area contributed by atoms with Crippen LogP contribution in [-0.2, 0) is 9.53 Å². The van der Waals surface area contributed by atoms with E-state index >= 15 is 0 Å². The van der Waals surface area contributed by atoms with Crippen molar-refractivity contribution in [2.24, 2.45) is 4.99 Å². The van der Waals surface area contributed by atoms with Gasteiger partial charge in [-0.2, -0.15) is 0 Å². The van der Waals surface area contributed by atoms with E-state index in [-0.39, 0.29) is 11.6 Å². The Hall–Kier alpha value is -2.80. The van der Waals surface area contributed by atoms with Crippen LogP contribution in [0.2, 0.25) is 0 Å². The standard InChI is InChI=1S/C22H22BrNO5/c1-4-10-28-20-17(23)11-14(13-19(20)27-5-2)12-18-22(25)29-21(24-18)15-6-8-16(26-3)9-7-15/h6-9,11-13H,4-5,10H2,1-3H3. The average molecular weight is 460 g/mol. The van der Waals surface area contributed by atoms with Gasteiger partial charge in [0.25, 0.3) is 0 Å². The number of hydrogen-bond acceptors (Lipinski definition) is 6. The molecule has 152 valence electrons. The smallest absolute Gasteiger partial charge is 0.363 e. The summed E-state index contributed by atoms with van der Waals surface area (Å²) in [5, 5.41) is 0. The molecule has 0 amide bonds. The molecule has 0 unspecified atom stereocenters. The first kappa shape index (κ1) is 20.9. The first-order chi connectivity index (χ1) is 14.0. The van der Waals surface area contributed by atoms with Crippen molar-refractivity contribution in [2.45, 2.75) is 20.3 Å². The van der Waals surface area contributed by atoms with Crippen molar-refractivity contribution >= 4 is 33.9 Å². The van der Waals surface area contributed by atoms with Crippen molar-refractivity contribution in [2.75, 3.05) is 20.3 Å². The number of rotatable bonds is 8. The zero-order valence-electron chi connectivity index (χ0n) is 16.5. The van der Waals surface area contributed by atoms with E-state index < -0.39 is 5.97 Å². The average Bonchev–Trinajstić information content (AvgIpc) is 3.08. The monoisotopic (exact) mass is 459 g/mol. The second-order valence-corrected chi connectivity index (χ2v) is 7.03. The number of halogens is 1. The maximum Gasteiger partial charge on any atom is 0.363 e. The van der Waals surface area contributed by atoms with Gasteiger partial charge in [0.05, 0.1) is 24.8 Å². The van der Waals surface area contributed by atoms with E-state index in [0.29, 0.717) is 36.0 Å². The number of aliphatic imine (C=N–C) groups is 1. The van der Waals surface area contributed by atoms with Crippen LogP contribution in [0.1, 0.15) is 31.4 Å². The van der Waals surface area contributed by atoms with Gasteiger partial charge in [-0.15, -0.1) is 0 Å². The molecule has 0 aliphatic carbocycles. The minimum atomic E-state index is -0.504. The number of methoxy groups -OCH3 is 1. The molecule has 0 radical (unpaired) electrons. The third-order valence-electron chi connectivity index (χ3n) is 4.04. The van der Waals surface area contributed by atoms with Crippen LogP contribution in [0.5, 0.6) is 17.2 Å². The summed E-state index contributed by atoms with van der Waals surface area (Å²) >= 11 is 3.53. The molecule has 2 aromatic rings. The molecule has 0 spiro atoms. The molecule has 0 N–H and O–H groups in total. The molecule has 0 aromatic heterocycles. The lowest BCUT2D eigenvalue weighted by Crippen LogP contribution is -2.05. The Morgan fingerprint density at radius 2 is 1.90 bits per heavy atom. The van der Waals surface area contributed by atoms with E-state index in [1.165, 1.54) is 0 Å². The first-order valence-electron chi connectivity index (χ1n) is 9.31. The number of nitrogens with zero attached hydrogens (tertiary/aromatic N) is 1. The largest absolute Gasteiger partial charge is 0.497 e. The molecule has 0 bridgehead atoms. The summed E-state index contributed by atoms with van der Waals surface area (Å²) in [5.41, 5.74) is 1.66. The van der Waals surface area contributed by atoms with Crippen LogP contribution in [0.3, 0.4) is 0 Å². The van der Waals surface area contributed by atoms with Gasteiger partial charge in [0.1, 0.15) is 5.75 Å². The van der Waals surface area contributed by atoms with Crippen molar-refractivity contribution in [1.82, 2.24) is 0 Å². The maximum absolute atomic E-state index is 12.3. The SMILES string of the molecule is CCCOc1c(Br)cc(C=C2N=C(c3ccc(OC)cc3)OC2=O)cc1OCC. The van der Waals surface area contributed by atoms with Gasteiger partial charge in [-0.1, -0.05) is 6.92 Å². The Morgan fingerprint density at radius 1 is 1.14 bits per heavy atom. The van der Waals surface area contributed by atoms with Gasteiger partial charge in [-0.3, -0.25) is 0 Å². The Balaban J connectivity index is 1.91. The predicted molar refractivity (Wildman–Crippen MR) is 115 cm³/mol. The summed E-state index contributed by atoms with van der Waals surface area (Å²) < 4.78 is 22.7. The minimum Gasteiger partial charge on any atom is -0.497 e. The fourth-order valence-electron chi connectivity index (χ4n) is 2.70. The van der Waals surface area contributed by atoms with E-state index in [9.17, 15) is 4.79 Å². The first-order valence-corrected chi connectivity index (χ1v) is 10.1. The molecule has 1 aliphatic rings. The highest BCUT2D eigenvalue weighted by Gasteiger charge is 2.24. The lowest BCUT2D eigenvalue weighted by atomic mass is 10.1. The molecule has 29 heavy (non-hydrogen) atoms. The highest BCUT2D eigenvalue weighted by atomic mass is 79.9. The molecule has 0 fully saturated rings. The van der Waals surface area contributed by atoms with Gasteiger partial charge in [-0.25, -0.2) is 9.79 Å². The van der Waals surface area contributed by atoms with Crippen LogP contribution in [0, 0.1) is 0 Å². The Morgan fingerprint density at radius 3 is 2.55 bits per heavy atom. The Bertz CT molecular complexity index is 950. The van der Waals surface area contributed by atoms with E-state index in [1.807, 2.05) is 26.0 Å². The van der Waals surface area contributed by atoms with Crippen molar-refractivity contribution in [3.63, 3.8) is 0 Å². The lowest BCUT2D eigenvalue weighted by Gasteiger charge is -2.14. The second kappa shape index (κ2) is 9.60. The van der Waals surface area contributed by atoms with Crippen molar-refractivity contribution < 1.29 is 23.7 Å². The van der Waals surface area contributed by atoms with Gasteiger partial charge in [0.15, 0.2) is 17.2 Å². The molecule has 1 heterocycles. The highest BCUT2D eigenvalue weighted by Crippen LogP contribution is 2.38. The fraction of sp³-hybridized carbons (Fsp3) is 0.273. The van der Waals surface area contributed by atoms with Crippen LogP contribution in [0.25, 0.3) is 6.08 Å².